The molecular formula is C21H22BrN3O3S. The first-order valence-electron chi connectivity index (χ1n) is 8.92. The summed E-state index contributed by atoms with van der Waals surface area (Å²) < 4.78 is 11.8. The van der Waals surface area contributed by atoms with Gasteiger partial charge in [-0.05, 0) is 48.5 Å². The molecule has 0 spiro atoms. The molecule has 1 unspecified atom stereocenters. The van der Waals surface area contributed by atoms with Crippen LogP contribution in [0.5, 0.6) is 11.5 Å². The van der Waals surface area contributed by atoms with E-state index in [1.165, 1.54) is 0 Å². The van der Waals surface area contributed by atoms with Crippen molar-refractivity contribution >= 4 is 39.3 Å². The lowest BCUT2D eigenvalue weighted by molar-refractivity contribution is -0.126. The van der Waals surface area contributed by atoms with E-state index in [0.29, 0.717) is 12.3 Å². The zero-order valence-electron chi connectivity index (χ0n) is 15.9. The number of carbonyl (C=O) groups is 1. The van der Waals surface area contributed by atoms with Crippen molar-refractivity contribution in [1.82, 2.24) is 15.8 Å². The molecule has 29 heavy (non-hydrogen) atoms. The summed E-state index contributed by atoms with van der Waals surface area (Å²) in [4.78, 5) is 12.5. The highest BCUT2D eigenvalue weighted by Crippen LogP contribution is 2.34. The van der Waals surface area contributed by atoms with Crippen LogP contribution in [0.3, 0.4) is 0 Å². The second-order valence-electron chi connectivity index (χ2n) is 6.06. The number of hydrazine groups is 1. The van der Waals surface area contributed by atoms with Gasteiger partial charge in [-0.3, -0.25) is 20.5 Å². The van der Waals surface area contributed by atoms with Gasteiger partial charge in [0.15, 0.2) is 12.1 Å². The molecule has 2 aromatic carbocycles. The van der Waals surface area contributed by atoms with Gasteiger partial charge in [-0.1, -0.05) is 33.8 Å². The maximum Gasteiger partial charge on any atom is 0.276 e. The Balaban J connectivity index is 1.67. The number of halogens is 1. The van der Waals surface area contributed by atoms with Gasteiger partial charge in [0.1, 0.15) is 11.5 Å². The van der Waals surface area contributed by atoms with E-state index < -0.39 is 0 Å². The standard InChI is InChI=1S/C21H22BrN3O3S/c1-3-12-23-21-25(19(14-29-21)15-4-8-17(27-2)9-5-15)24-20(26)13-28-18-10-6-16(22)7-11-18/h3-11,14,21,23H,1,12-13H2,2H3,(H,24,26). The number of hydrogen-bond acceptors (Lipinski definition) is 6. The Morgan fingerprint density at radius 1 is 1.21 bits per heavy atom. The van der Waals surface area contributed by atoms with Gasteiger partial charge in [-0.15, -0.1) is 6.58 Å². The average Bonchev–Trinajstić information content (AvgIpc) is 3.14. The zero-order chi connectivity index (χ0) is 20.6. The van der Waals surface area contributed by atoms with E-state index in [0.717, 1.165) is 21.5 Å². The van der Waals surface area contributed by atoms with Crippen molar-refractivity contribution in [2.24, 2.45) is 0 Å². The van der Waals surface area contributed by atoms with E-state index in [1.807, 2.05) is 46.8 Å². The first kappa shape index (κ1) is 21.3. The fourth-order valence-electron chi connectivity index (χ4n) is 2.63. The molecule has 1 heterocycles. The predicted molar refractivity (Wildman–Crippen MR) is 120 cm³/mol. The molecule has 1 amide bonds. The third-order valence-corrected chi connectivity index (χ3v) is 5.58. The summed E-state index contributed by atoms with van der Waals surface area (Å²) in [6.45, 7) is 4.27. The molecule has 8 heteroatoms. The topological polar surface area (TPSA) is 62.8 Å². The monoisotopic (exact) mass is 475 g/mol. The SMILES string of the molecule is C=CCNC1SC=C(c2ccc(OC)cc2)N1NC(=O)COc1ccc(Br)cc1. The third-order valence-electron chi connectivity index (χ3n) is 4.05. The smallest absolute Gasteiger partial charge is 0.276 e. The molecule has 3 rings (SSSR count). The first-order valence-corrected chi connectivity index (χ1v) is 10.7. The van der Waals surface area contributed by atoms with E-state index in [9.17, 15) is 4.79 Å². The van der Waals surface area contributed by atoms with Crippen LogP contribution in [0.25, 0.3) is 5.70 Å². The predicted octanol–water partition coefficient (Wildman–Crippen LogP) is 3.97. The van der Waals surface area contributed by atoms with Gasteiger partial charge >= 0.3 is 0 Å². The van der Waals surface area contributed by atoms with Crippen molar-refractivity contribution in [1.29, 1.82) is 0 Å². The highest BCUT2D eigenvalue weighted by molar-refractivity contribution is 9.10. The molecule has 0 saturated carbocycles. The lowest BCUT2D eigenvalue weighted by Gasteiger charge is -2.29. The Hall–Kier alpha value is -2.42. The minimum Gasteiger partial charge on any atom is -0.497 e. The van der Waals surface area contributed by atoms with E-state index in [2.05, 4.69) is 33.3 Å². The molecule has 0 aliphatic carbocycles. The van der Waals surface area contributed by atoms with Gasteiger partial charge in [-0.2, -0.15) is 0 Å². The van der Waals surface area contributed by atoms with Gasteiger partial charge in [0.25, 0.3) is 5.91 Å². The second kappa shape index (κ2) is 10.4. The number of nitrogens with one attached hydrogen (secondary N) is 2. The fourth-order valence-corrected chi connectivity index (χ4v) is 3.88. The third kappa shape index (κ3) is 5.79. The summed E-state index contributed by atoms with van der Waals surface area (Å²) in [5.41, 5.74) is 4.64. The molecule has 0 radical (unpaired) electrons. The number of rotatable bonds is 9. The molecule has 2 N–H and O–H groups in total. The van der Waals surface area contributed by atoms with Crippen LogP contribution in [0.4, 0.5) is 0 Å². The number of nitrogens with zero attached hydrogens (tertiary/aromatic N) is 1. The summed E-state index contributed by atoms with van der Waals surface area (Å²) in [5.74, 6) is 1.16. The molecule has 1 atom stereocenters. The lowest BCUT2D eigenvalue weighted by atomic mass is 10.1. The normalized spacial score (nSPS) is 15.6. The van der Waals surface area contributed by atoms with E-state index in [1.54, 1.807) is 37.1 Å². The van der Waals surface area contributed by atoms with E-state index in [4.69, 9.17) is 9.47 Å². The van der Waals surface area contributed by atoms with Crippen LogP contribution in [-0.2, 0) is 4.79 Å². The number of benzene rings is 2. The van der Waals surface area contributed by atoms with Crippen LogP contribution in [0.2, 0.25) is 0 Å². The summed E-state index contributed by atoms with van der Waals surface area (Å²) in [6, 6.07) is 15.0. The van der Waals surface area contributed by atoms with E-state index in [-0.39, 0.29) is 18.0 Å². The summed E-state index contributed by atoms with van der Waals surface area (Å²) in [7, 11) is 1.63. The summed E-state index contributed by atoms with van der Waals surface area (Å²) >= 11 is 4.95. The van der Waals surface area contributed by atoms with Crippen molar-refractivity contribution < 1.29 is 14.3 Å². The molecule has 1 aliphatic heterocycles. The van der Waals surface area contributed by atoms with Crippen LogP contribution in [0, 0.1) is 0 Å². The molecule has 6 nitrogen and oxygen atoms in total. The van der Waals surface area contributed by atoms with Crippen molar-refractivity contribution in [3.63, 3.8) is 0 Å². The quantitative estimate of drug-likeness (QED) is 0.534. The maximum absolute atomic E-state index is 12.5. The highest BCUT2D eigenvalue weighted by atomic mass is 79.9. The number of methoxy groups -OCH3 is 1. The van der Waals surface area contributed by atoms with Crippen molar-refractivity contribution in [3.8, 4) is 11.5 Å². The molecule has 152 valence electrons. The number of thioether (sulfide) groups is 1. The molecule has 2 aromatic rings. The minimum atomic E-state index is -0.250. The summed E-state index contributed by atoms with van der Waals surface area (Å²) in [6.07, 6.45) is 1.78. The van der Waals surface area contributed by atoms with Gasteiger partial charge in [0, 0.05) is 22.0 Å². The van der Waals surface area contributed by atoms with Crippen LogP contribution >= 0.6 is 27.7 Å². The van der Waals surface area contributed by atoms with Gasteiger partial charge in [0.05, 0.1) is 12.8 Å². The molecular weight excluding hydrogens is 454 g/mol. The number of amides is 1. The van der Waals surface area contributed by atoms with Crippen LogP contribution in [0.15, 0.2) is 71.1 Å². The lowest BCUT2D eigenvalue weighted by Crippen LogP contribution is -2.50. The van der Waals surface area contributed by atoms with Crippen LogP contribution in [0.1, 0.15) is 5.56 Å². The minimum absolute atomic E-state index is 0.0904. The van der Waals surface area contributed by atoms with Crippen molar-refractivity contribution in [3.05, 3.63) is 76.6 Å². The molecule has 1 aliphatic rings. The number of hydrogen-bond donors (Lipinski definition) is 2. The largest absolute Gasteiger partial charge is 0.497 e. The van der Waals surface area contributed by atoms with Gasteiger partial charge < -0.3 is 9.47 Å². The average molecular weight is 476 g/mol. The van der Waals surface area contributed by atoms with Crippen molar-refractivity contribution in [2.75, 3.05) is 20.3 Å². The second-order valence-corrected chi connectivity index (χ2v) is 7.93. The highest BCUT2D eigenvalue weighted by Gasteiger charge is 2.29. The Kier molecular flexibility index (Phi) is 7.62. The van der Waals surface area contributed by atoms with E-state index >= 15 is 0 Å². The molecule has 0 fully saturated rings. The molecule has 0 aromatic heterocycles. The number of ether oxygens (including phenoxy) is 2. The molecule has 0 bridgehead atoms. The van der Waals surface area contributed by atoms with Crippen molar-refractivity contribution in [2.45, 2.75) is 5.50 Å². The summed E-state index contributed by atoms with van der Waals surface area (Å²) in [5, 5.41) is 7.14. The Labute approximate surface area is 183 Å². The fraction of sp³-hybridized carbons (Fsp3) is 0.190. The number of carbonyl (C=O) groups excluding carboxylic acids is 1. The molecule has 0 saturated heterocycles. The Morgan fingerprint density at radius 2 is 1.90 bits per heavy atom. The Bertz CT molecular complexity index is 872. The maximum atomic E-state index is 12.5. The Morgan fingerprint density at radius 3 is 2.55 bits per heavy atom. The van der Waals surface area contributed by atoms with Crippen LogP contribution in [-0.4, -0.2) is 36.7 Å². The first-order chi connectivity index (χ1) is 14.1. The van der Waals surface area contributed by atoms with Crippen LogP contribution < -0.4 is 20.2 Å². The van der Waals surface area contributed by atoms with Gasteiger partial charge in [-0.25, -0.2) is 0 Å². The zero-order valence-corrected chi connectivity index (χ0v) is 18.3. The van der Waals surface area contributed by atoms with Gasteiger partial charge in [0.2, 0.25) is 0 Å².